The summed E-state index contributed by atoms with van der Waals surface area (Å²) in [7, 11) is -6.21. The topological polar surface area (TPSA) is 104 Å². The molecule has 0 saturated carbocycles. The summed E-state index contributed by atoms with van der Waals surface area (Å²) in [5, 5.41) is 9.67. The molecular formula is C21H27BrN2O6S2. The molecule has 0 fully saturated rings. The Morgan fingerprint density at radius 2 is 1.91 bits per heavy atom. The maximum atomic E-state index is 13.3. The van der Waals surface area contributed by atoms with Gasteiger partial charge in [-0.15, -0.1) is 0 Å². The van der Waals surface area contributed by atoms with Gasteiger partial charge in [-0.05, 0) is 37.3 Å². The van der Waals surface area contributed by atoms with E-state index in [9.17, 15) is 21.9 Å². The monoisotopic (exact) mass is 546 g/mol. The fourth-order valence-electron chi connectivity index (χ4n) is 3.54. The van der Waals surface area contributed by atoms with Crippen molar-refractivity contribution in [1.82, 2.24) is 8.61 Å². The van der Waals surface area contributed by atoms with Crippen molar-refractivity contribution >= 4 is 36.0 Å². The second kappa shape index (κ2) is 9.78. The number of sulfonamides is 2. The second-order valence-corrected chi connectivity index (χ2v) is 12.7. The molecule has 1 aliphatic heterocycles. The van der Waals surface area contributed by atoms with E-state index in [2.05, 4.69) is 15.9 Å². The lowest BCUT2D eigenvalue weighted by atomic mass is 10.0. The van der Waals surface area contributed by atoms with E-state index < -0.39 is 32.2 Å². The largest absolute Gasteiger partial charge is 0.487 e. The van der Waals surface area contributed by atoms with Gasteiger partial charge in [-0.2, -0.15) is 8.61 Å². The molecule has 2 aromatic carbocycles. The number of nitrogens with zero attached hydrogens (tertiary/aromatic N) is 2. The molecule has 176 valence electrons. The highest BCUT2D eigenvalue weighted by Crippen LogP contribution is 2.35. The number of rotatable bonds is 6. The van der Waals surface area contributed by atoms with Crippen molar-refractivity contribution < 1.29 is 26.7 Å². The molecule has 8 nitrogen and oxygen atoms in total. The van der Waals surface area contributed by atoms with Gasteiger partial charge in [-0.3, -0.25) is 0 Å². The molecule has 2 aromatic rings. The molecular weight excluding hydrogens is 520 g/mol. The van der Waals surface area contributed by atoms with Crippen LogP contribution in [0.2, 0.25) is 0 Å². The van der Waals surface area contributed by atoms with Gasteiger partial charge in [0.2, 0.25) is 20.0 Å². The Balaban J connectivity index is 2.01. The van der Waals surface area contributed by atoms with Crippen LogP contribution in [0.1, 0.15) is 13.8 Å². The molecule has 0 radical (unpaired) electrons. The standard InChI is InChI=1S/C21H27BrN2O6S2/c1-15-12-24(16(2)14-25)32(28,29)21-10-9-17(22)11-19(21)30-20(15)13-23(3)31(26,27)18-7-5-4-6-8-18/h4-11,15-16,20,25H,12-14H2,1-3H3/t15-,16-,20-/m0/s1. The number of ether oxygens (including phenoxy) is 1. The third-order valence-electron chi connectivity index (χ3n) is 5.52. The van der Waals surface area contributed by atoms with Gasteiger partial charge in [0.1, 0.15) is 16.7 Å². The molecule has 0 unspecified atom stereocenters. The smallest absolute Gasteiger partial charge is 0.247 e. The van der Waals surface area contributed by atoms with Crippen LogP contribution in [-0.2, 0) is 20.0 Å². The van der Waals surface area contributed by atoms with Gasteiger partial charge in [0.05, 0.1) is 18.0 Å². The van der Waals surface area contributed by atoms with Crippen LogP contribution in [0, 0.1) is 5.92 Å². The van der Waals surface area contributed by atoms with E-state index in [1.54, 1.807) is 37.3 Å². The van der Waals surface area contributed by atoms with Gasteiger partial charge in [-0.1, -0.05) is 41.1 Å². The van der Waals surface area contributed by atoms with Crippen LogP contribution >= 0.6 is 15.9 Å². The number of likely N-dealkylation sites (N-methyl/N-ethyl adjacent to an activating group) is 1. The van der Waals surface area contributed by atoms with E-state index in [0.29, 0.717) is 4.47 Å². The quantitative estimate of drug-likeness (QED) is 0.596. The summed E-state index contributed by atoms with van der Waals surface area (Å²) in [6, 6.07) is 12.1. The van der Waals surface area contributed by atoms with Crippen molar-refractivity contribution in [3.63, 3.8) is 0 Å². The molecule has 0 bridgehead atoms. The zero-order valence-corrected chi connectivity index (χ0v) is 21.3. The summed E-state index contributed by atoms with van der Waals surface area (Å²) in [5.74, 6) is -0.226. The summed E-state index contributed by atoms with van der Waals surface area (Å²) in [4.78, 5) is 0.147. The average molecular weight is 547 g/mol. The summed E-state index contributed by atoms with van der Waals surface area (Å²) in [6.45, 7) is 3.19. The van der Waals surface area contributed by atoms with Gasteiger partial charge in [0, 0.05) is 30.0 Å². The maximum absolute atomic E-state index is 13.3. The van der Waals surface area contributed by atoms with Crippen molar-refractivity contribution in [2.75, 3.05) is 26.7 Å². The molecule has 3 rings (SSSR count). The average Bonchev–Trinajstić information content (AvgIpc) is 2.75. The molecule has 11 heteroatoms. The van der Waals surface area contributed by atoms with Crippen LogP contribution in [0.25, 0.3) is 0 Å². The fraction of sp³-hybridized carbons (Fsp3) is 0.429. The zero-order valence-electron chi connectivity index (χ0n) is 18.0. The molecule has 3 atom stereocenters. The van der Waals surface area contributed by atoms with Gasteiger partial charge in [0.15, 0.2) is 0 Å². The van der Waals surface area contributed by atoms with Crippen LogP contribution in [-0.4, -0.2) is 69.4 Å². The number of halogens is 1. The number of hydrogen-bond acceptors (Lipinski definition) is 6. The summed E-state index contributed by atoms with van der Waals surface area (Å²) < 4.78 is 61.9. The summed E-state index contributed by atoms with van der Waals surface area (Å²) in [6.07, 6.45) is -0.629. The number of aliphatic hydroxyl groups excluding tert-OH is 1. The van der Waals surface area contributed by atoms with Gasteiger partial charge >= 0.3 is 0 Å². The Bertz CT molecular complexity index is 1160. The van der Waals surface area contributed by atoms with E-state index in [1.807, 2.05) is 6.92 Å². The summed E-state index contributed by atoms with van der Waals surface area (Å²) >= 11 is 3.34. The molecule has 1 N–H and O–H groups in total. The first-order valence-electron chi connectivity index (χ1n) is 10.1. The fourth-order valence-corrected chi connectivity index (χ4v) is 6.91. The van der Waals surface area contributed by atoms with E-state index in [4.69, 9.17) is 4.74 Å². The Morgan fingerprint density at radius 1 is 1.25 bits per heavy atom. The van der Waals surface area contributed by atoms with Gasteiger partial charge in [-0.25, -0.2) is 16.8 Å². The Kier molecular flexibility index (Phi) is 7.68. The van der Waals surface area contributed by atoms with Crippen molar-refractivity contribution in [2.24, 2.45) is 5.92 Å². The molecule has 32 heavy (non-hydrogen) atoms. The van der Waals surface area contributed by atoms with E-state index in [1.165, 1.54) is 33.9 Å². The van der Waals surface area contributed by atoms with Crippen molar-refractivity contribution in [3.8, 4) is 5.75 Å². The predicted octanol–water partition coefficient (Wildman–Crippen LogP) is 2.54. The molecule has 0 aliphatic carbocycles. The lowest BCUT2D eigenvalue weighted by Crippen LogP contribution is -2.50. The Morgan fingerprint density at radius 3 is 2.53 bits per heavy atom. The van der Waals surface area contributed by atoms with Crippen molar-refractivity contribution in [2.45, 2.75) is 35.8 Å². The first kappa shape index (κ1) is 25.1. The Hall–Kier alpha value is -1.50. The Labute approximate surface area is 198 Å². The van der Waals surface area contributed by atoms with Gasteiger partial charge in [0.25, 0.3) is 0 Å². The lowest BCUT2D eigenvalue weighted by molar-refractivity contribution is 0.0904. The normalized spacial score (nSPS) is 22.4. The van der Waals surface area contributed by atoms with E-state index in [-0.39, 0.29) is 41.2 Å². The molecule has 0 saturated heterocycles. The predicted molar refractivity (Wildman–Crippen MR) is 124 cm³/mol. The number of fused-ring (bicyclic) bond motifs is 1. The number of aliphatic hydroxyl groups is 1. The molecule has 1 aliphatic rings. The highest BCUT2D eigenvalue weighted by Gasteiger charge is 2.39. The minimum Gasteiger partial charge on any atom is -0.487 e. The van der Waals surface area contributed by atoms with Crippen molar-refractivity contribution in [1.29, 1.82) is 0 Å². The third-order valence-corrected chi connectivity index (χ3v) is 9.87. The van der Waals surface area contributed by atoms with Crippen LogP contribution in [0.15, 0.2) is 62.8 Å². The molecule has 0 amide bonds. The summed E-state index contributed by atoms with van der Waals surface area (Å²) in [5.41, 5.74) is 0. The maximum Gasteiger partial charge on any atom is 0.247 e. The van der Waals surface area contributed by atoms with Crippen LogP contribution < -0.4 is 4.74 Å². The minimum atomic E-state index is -3.93. The minimum absolute atomic E-state index is 0.0196. The molecule has 1 heterocycles. The second-order valence-electron chi connectivity index (χ2n) is 7.93. The molecule has 0 spiro atoms. The number of hydrogen-bond donors (Lipinski definition) is 1. The van der Waals surface area contributed by atoms with Crippen LogP contribution in [0.4, 0.5) is 0 Å². The number of benzene rings is 2. The molecule has 0 aromatic heterocycles. The van der Waals surface area contributed by atoms with Crippen LogP contribution in [0.5, 0.6) is 5.75 Å². The SMILES string of the molecule is C[C@H]1CN([C@@H](C)CO)S(=O)(=O)c2ccc(Br)cc2O[C@H]1CN(C)S(=O)(=O)c1ccccc1. The van der Waals surface area contributed by atoms with Crippen molar-refractivity contribution in [3.05, 3.63) is 53.0 Å². The van der Waals surface area contributed by atoms with Crippen LogP contribution in [0.3, 0.4) is 0 Å². The first-order valence-corrected chi connectivity index (χ1v) is 13.8. The lowest BCUT2D eigenvalue weighted by Gasteiger charge is -2.37. The first-order chi connectivity index (χ1) is 15.0. The third kappa shape index (κ3) is 5.02. The highest BCUT2D eigenvalue weighted by molar-refractivity contribution is 9.10. The van der Waals surface area contributed by atoms with E-state index in [0.717, 1.165) is 0 Å². The van der Waals surface area contributed by atoms with Gasteiger partial charge < -0.3 is 9.84 Å². The van der Waals surface area contributed by atoms with E-state index >= 15 is 0 Å². The highest BCUT2D eigenvalue weighted by atomic mass is 79.9. The zero-order chi connectivity index (χ0) is 23.7.